The fourth-order valence-electron chi connectivity index (χ4n) is 3.19. The van der Waals surface area contributed by atoms with E-state index in [0.29, 0.717) is 22.7 Å². The molecule has 0 fully saturated rings. The number of sulfonamides is 1. The van der Waals surface area contributed by atoms with Gasteiger partial charge in [-0.1, -0.05) is 42.8 Å². The summed E-state index contributed by atoms with van der Waals surface area (Å²) < 4.78 is 33.8. The molecule has 0 saturated heterocycles. The Morgan fingerprint density at radius 2 is 1.54 bits per heavy atom. The minimum Gasteiger partial charge on any atom is -0.497 e. The summed E-state index contributed by atoms with van der Waals surface area (Å²) in [7, 11) is -2.24. The van der Waals surface area contributed by atoms with Crippen LogP contribution in [0.5, 0.6) is 5.75 Å². The lowest BCUT2D eigenvalue weighted by atomic mass is 9.86. The van der Waals surface area contributed by atoms with Gasteiger partial charge in [-0.2, -0.15) is 0 Å². The monoisotopic (exact) mass is 575 g/mol. The molecule has 184 valence electrons. The number of thiocarbonyl (C=S) groups is 1. The largest absolute Gasteiger partial charge is 0.497 e. The first kappa shape index (κ1) is 26.7. The second-order valence-corrected chi connectivity index (χ2v) is 11.7. The van der Waals surface area contributed by atoms with E-state index < -0.39 is 10.0 Å². The van der Waals surface area contributed by atoms with Crippen LogP contribution in [0.4, 0.5) is 11.4 Å². The molecular formula is C25H26BrN3O4S2. The molecule has 0 spiro atoms. The van der Waals surface area contributed by atoms with Gasteiger partial charge in [0.2, 0.25) is 0 Å². The fourth-order valence-corrected chi connectivity index (χ4v) is 5.44. The van der Waals surface area contributed by atoms with Crippen molar-refractivity contribution < 1.29 is 17.9 Å². The van der Waals surface area contributed by atoms with Gasteiger partial charge in [0.25, 0.3) is 15.9 Å². The summed E-state index contributed by atoms with van der Waals surface area (Å²) in [5, 5.41) is 5.62. The van der Waals surface area contributed by atoms with Gasteiger partial charge in [-0.25, -0.2) is 8.42 Å². The van der Waals surface area contributed by atoms with E-state index in [1.165, 1.54) is 19.2 Å². The van der Waals surface area contributed by atoms with Crippen LogP contribution in [0.25, 0.3) is 0 Å². The smallest absolute Gasteiger partial charge is 0.261 e. The first-order chi connectivity index (χ1) is 16.4. The number of carbonyl (C=O) groups is 1. The van der Waals surface area contributed by atoms with Gasteiger partial charge in [0.05, 0.1) is 12.0 Å². The molecule has 7 nitrogen and oxygen atoms in total. The van der Waals surface area contributed by atoms with Gasteiger partial charge in [-0.15, -0.1) is 0 Å². The van der Waals surface area contributed by atoms with E-state index in [2.05, 4.69) is 52.1 Å². The van der Waals surface area contributed by atoms with Gasteiger partial charge in [-0.3, -0.25) is 14.8 Å². The fraction of sp³-hybridized carbons (Fsp3) is 0.200. The summed E-state index contributed by atoms with van der Waals surface area (Å²) >= 11 is 8.78. The molecular weight excluding hydrogens is 550 g/mol. The van der Waals surface area contributed by atoms with Crippen LogP contribution in [0.1, 0.15) is 36.7 Å². The van der Waals surface area contributed by atoms with E-state index in [9.17, 15) is 13.2 Å². The molecule has 0 unspecified atom stereocenters. The summed E-state index contributed by atoms with van der Waals surface area (Å²) in [5.41, 5.74) is 2.43. The predicted molar refractivity (Wildman–Crippen MR) is 147 cm³/mol. The van der Waals surface area contributed by atoms with Crippen LogP contribution in [0.2, 0.25) is 0 Å². The zero-order valence-electron chi connectivity index (χ0n) is 19.7. The van der Waals surface area contributed by atoms with Crippen molar-refractivity contribution in [2.24, 2.45) is 0 Å². The summed E-state index contributed by atoms with van der Waals surface area (Å²) in [6, 6.07) is 18.0. The highest BCUT2D eigenvalue weighted by molar-refractivity contribution is 9.10. The first-order valence-electron chi connectivity index (χ1n) is 10.6. The number of nitrogens with one attached hydrogen (secondary N) is 3. The Morgan fingerprint density at radius 1 is 0.943 bits per heavy atom. The van der Waals surface area contributed by atoms with Crippen LogP contribution < -0.4 is 20.1 Å². The number of amides is 1. The average molecular weight is 577 g/mol. The van der Waals surface area contributed by atoms with Gasteiger partial charge >= 0.3 is 0 Å². The highest BCUT2D eigenvalue weighted by Gasteiger charge is 2.19. The van der Waals surface area contributed by atoms with E-state index >= 15 is 0 Å². The number of methoxy groups -OCH3 is 1. The number of hydrogen-bond acceptors (Lipinski definition) is 5. The third-order valence-corrected chi connectivity index (χ3v) is 7.29. The maximum atomic E-state index is 12.7. The molecule has 0 aliphatic heterocycles. The van der Waals surface area contributed by atoms with Gasteiger partial charge in [-0.05, 0) is 83.9 Å². The second-order valence-electron chi connectivity index (χ2n) is 8.71. The normalized spacial score (nSPS) is 11.5. The SMILES string of the molecule is COc1ccc(NS(=O)(=O)c2ccc(NC(=S)NC(=O)c3ccc(C(C)(C)C)c(Br)c3)cc2)cc1. The summed E-state index contributed by atoms with van der Waals surface area (Å²) in [5.74, 6) is 0.271. The molecule has 3 aromatic carbocycles. The zero-order chi connectivity index (χ0) is 25.8. The Kier molecular flexibility index (Phi) is 8.19. The van der Waals surface area contributed by atoms with Crippen LogP contribution >= 0.6 is 28.1 Å². The van der Waals surface area contributed by atoms with Crippen molar-refractivity contribution in [3.63, 3.8) is 0 Å². The molecule has 1 amide bonds. The molecule has 0 heterocycles. The number of benzene rings is 3. The molecule has 0 bridgehead atoms. The number of hydrogen-bond donors (Lipinski definition) is 3. The van der Waals surface area contributed by atoms with Gasteiger partial charge in [0, 0.05) is 21.4 Å². The Bertz CT molecular complexity index is 1330. The molecule has 3 aromatic rings. The van der Waals surface area contributed by atoms with E-state index in [1.54, 1.807) is 48.5 Å². The predicted octanol–water partition coefficient (Wildman–Crippen LogP) is 5.68. The van der Waals surface area contributed by atoms with Crippen molar-refractivity contribution in [1.82, 2.24) is 5.32 Å². The number of carbonyl (C=O) groups excluding carboxylic acids is 1. The van der Waals surface area contributed by atoms with Crippen LogP contribution in [0.3, 0.4) is 0 Å². The van der Waals surface area contributed by atoms with Crippen molar-refractivity contribution in [1.29, 1.82) is 0 Å². The summed E-state index contributed by atoms with van der Waals surface area (Å²) in [4.78, 5) is 12.7. The maximum Gasteiger partial charge on any atom is 0.261 e. The molecule has 0 aliphatic rings. The molecule has 0 aliphatic carbocycles. The topological polar surface area (TPSA) is 96.5 Å². The lowest BCUT2D eigenvalue weighted by Gasteiger charge is -2.21. The first-order valence-corrected chi connectivity index (χ1v) is 13.3. The Morgan fingerprint density at radius 3 is 2.09 bits per heavy atom. The lowest BCUT2D eigenvalue weighted by molar-refractivity contribution is 0.0977. The van der Waals surface area contributed by atoms with Crippen molar-refractivity contribution in [3.05, 3.63) is 82.3 Å². The van der Waals surface area contributed by atoms with Crippen LogP contribution in [-0.2, 0) is 15.4 Å². The number of ether oxygens (including phenoxy) is 1. The van der Waals surface area contributed by atoms with E-state index in [4.69, 9.17) is 17.0 Å². The third kappa shape index (κ3) is 7.03. The van der Waals surface area contributed by atoms with E-state index in [1.807, 2.05) is 6.07 Å². The molecule has 35 heavy (non-hydrogen) atoms. The van der Waals surface area contributed by atoms with Crippen LogP contribution in [0.15, 0.2) is 76.1 Å². The Balaban J connectivity index is 1.62. The highest BCUT2D eigenvalue weighted by atomic mass is 79.9. The Labute approximate surface area is 219 Å². The van der Waals surface area contributed by atoms with E-state index in [-0.39, 0.29) is 21.3 Å². The van der Waals surface area contributed by atoms with Crippen molar-refractivity contribution in [2.45, 2.75) is 31.1 Å². The minimum absolute atomic E-state index is 0.0610. The summed E-state index contributed by atoms with van der Waals surface area (Å²) in [6.45, 7) is 6.28. The molecule has 10 heteroatoms. The van der Waals surface area contributed by atoms with Crippen LogP contribution in [-0.4, -0.2) is 26.5 Å². The second kappa shape index (κ2) is 10.8. The molecule has 3 N–H and O–H groups in total. The molecule has 3 rings (SSSR count). The highest BCUT2D eigenvalue weighted by Crippen LogP contribution is 2.30. The van der Waals surface area contributed by atoms with Gasteiger partial charge in [0.1, 0.15) is 5.75 Å². The molecule has 0 atom stereocenters. The molecule has 0 aromatic heterocycles. The maximum absolute atomic E-state index is 12.7. The molecule has 0 radical (unpaired) electrons. The van der Waals surface area contributed by atoms with Crippen molar-refractivity contribution in [2.75, 3.05) is 17.1 Å². The van der Waals surface area contributed by atoms with Crippen molar-refractivity contribution in [3.8, 4) is 5.75 Å². The lowest BCUT2D eigenvalue weighted by Crippen LogP contribution is -2.34. The van der Waals surface area contributed by atoms with Crippen molar-refractivity contribution >= 4 is 60.6 Å². The quantitative estimate of drug-likeness (QED) is 0.327. The number of anilines is 2. The standard InChI is InChI=1S/C25H26BrN3O4S2/c1-25(2,3)21-14-5-16(15-22(21)26)23(30)28-24(34)27-17-8-12-20(13-9-17)35(31,32)29-18-6-10-19(33-4)11-7-18/h5-15,29H,1-4H3,(H2,27,28,30,34). The zero-order valence-corrected chi connectivity index (χ0v) is 22.9. The minimum atomic E-state index is -3.78. The number of halogens is 1. The van der Waals surface area contributed by atoms with Gasteiger partial charge < -0.3 is 10.1 Å². The molecule has 0 saturated carbocycles. The average Bonchev–Trinajstić information content (AvgIpc) is 2.78. The Hall–Kier alpha value is -2.95. The number of rotatable bonds is 6. The third-order valence-electron chi connectivity index (χ3n) is 5.03. The van der Waals surface area contributed by atoms with E-state index in [0.717, 1.165) is 10.0 Å². The van der Waals surface area contributed by atoms with Gasteiger partial charge in [0.15, 0.2) is 5.11 Å². The van der Waals surface area contributed by atoms with Crippen LogP contribution in [0, 0.1) is 0 Å². The summed E-state index contributed by atoms with van der Waals surface area (Å²) in [6.07, 6.45) is 0.